The van der Waals surface area contributed by atoms with Crippen LogP contribution in [0.2, 0.25) is 0 Å². The Morgan fingerprint density at radius 1 is 1.42 bits per heavy atom. The Labute approximate surface area is 113 Å². The number of ether oxygens (including phenoxy) is 1. The molecule has 1 atom stereocenters. The van der Waals surface area contributed by atoms with Gasteiger partial charge in [-0.1, -0.05) is 6.92 Å². The number of aliphatic carboxylic acids is 1. The second-order valence-electron chi connectivity index (χ2n) is 5.33. The molecule has 0 saturated carbocycles. The number of carboxylic acid groups (broad SMARTS) is 1. The van der Waals surface area contributed by atoms with Crippen molar-refractivity contribution in [3.63, 3.8) is 0 Å². The maximum absolute atomic E-state index is 12.3. The van der Waals surface area contributed by atoms with E-state index in [2.05, 4.69) is 12.2 Å². The molecule has 1 unspecified atom stereocenters. The summed E-state index contributed by atoms with van der Waals surface area (Å²) in [4.78, 5) is 25.6. The first-order valence-electron chi connectivity index (χ1n) is 6.99. The fourth-order valence-corrected chi connectivity index (χ4v) is 2.92. The normalized spacial score (nSPS) is 26.2. The van der Waals surface area contributed by atoms with Crippen molar-refractivity contribution in [3.05, 3.63) is 0 Å². The maximum atomic E-state index is 12.3. The van der Waals surface area contributed by atoms with Gasteiger partial charge in [0.15, 0.2) is 0 Å². The number of amides is 2. The molecule has 0 aromatic heterocycles. The van der Waals surface area contributed by atoms with Crippen molar-refractivity contribution in [1.82, 2.24) is 10.2 Å². The average Bonchev–Trinajstić information content (AvgIpc) is 2.88. The van der Waals surface area contributed by atoms with Gasteiger partial charge in [-0.25, -0.2) is 9.59 Å². The van der Waals surface area contributed by atoms with Crippen molar-refractivity contribution in [2.24, 2.45) is 0 Å². The van der Waals surface area contributed by atoms with Gasteiger partial charge in [0.05, 0.1) is 0 Å². The fourth-order valence-electron chi connectivity index (χ4n) is 2.92. The summed E-state index contributed by atoms with van der Waals surface area (Å²) in [6.07, 6.45) is 3.58. The highest BCUT2D eigenvalue weighted by Gasteiger charge is 2.43. The van der Waals surface area contributed by atoms with Crippen LogP contribution in [0.5, 0.6) is 0 Å². The number of hydrogen-bond donors (Lipinski definition) is 2. The quantitative estimate of drug-likeness (QED) is 0.807. The number of likely N-dealkylation sites (tertiary alicyclic amines) is 1. The maximum Gasteiger partial charge on any atom is 0.329 e. The van der Waals surface area contributed by atoms with Crippen LogP contribution in [0.1, 0.15) is 39.0 Å². The fraction of sp³-hybridized carbons (Fsp3) is 0.846. The van der Waals surface area contributed by atoms with E-state index in [9.17, 15) is 14.7 Å². The SMILES string of the molecule is CCC1CCCN1C(=O)NC1(C(=O)O)CCOCC1. The summed E-state index contributed by atoms with van der Waals surface area (Å²) in [7, 11) is 0. The number of carbonyl (C=O) groups excluding carboxylic acids is 1. The number of carbonyl (C=O) groups is 2. The standard InChI is InChI=1S/C13H22N2O4/c1-2-10-4-3-7-15(10)12(18)14-13(11(16)17)5-8-19-9-6-13/h10H,2-9H2,1H3,(H,14,18)(H,16,17). The zero-order valence-electron chi connectivity index (χ0n) is 11.4. The Morgan fingerprint density at radius 3 is 2.68 bits per heavy atom. The molecule has 0 radical (unpaired) electrons. The van der Waals surface area contributed by atoms with E-state index in [4.69, 9.17) is 4.74 Å². The second kappa shape index (κ2) is 5.77. The largest absolute Gasteiger partial charge is 0.480 e. The number of carboxylic acids is 1. The lowest BCUT2D eigenvalue weighted by molar-refractivity contribution is -0.148. The molecule has 2 heterocycles. The Kier molecular flexibility index (Phi) is 4.29. The molecule has 0 aromatic carbocycles. The molecule has 0 spiro atoms. The highest BCUT2D eigenvalue weighted by atomic mass is 16.5. The molecule has 0 bridgehead atoms. The first-order valence-corrected chi connectivity index (χ1v) is 6.99. The van der Waals surface area contributed by atoms with Crippen molar-refractivity contribution < 1.29 is 19.4 Å². The summed E-state index contributed by atoms with van der Waals surface area (Å²) in [5.41, 5.74) is -1.16. The van der Waals surface area contributed by atoms with Gasteiger partial charge < -0.3 is 20.1 Å². The summed E-state index contributed by atoms with van der Waals surface area (Å²) in [5, 5.41) is 12.2. The number of rotatable bonds is 3. The molecule has 2 saturated heterocycles. The van der Waals surface area contributed by atoms with Gasteiger partial charge in [0, 0.05) is 38.6 Å². The van der Waals surface area contributed by atoms with Crippen molar-refractivity contribution in [1.29, 1.82) is 0 Å². The molecule has 2 aliphatic rings. The van der Waals surface area contributed by atoms with Crippen LogP contribution in [-0.2, 0) is 9.53 Å². The zero-order valence-corrected chi connectivity index (χ0v) is 11.4. The Bertz CT molecular complexity index is 353. The van der Waals surface area contributed by atoms with Crippen LogP contribution in [0.15, 0.2) is 0 Å². The molecule has 19 heavy (non-hydrogen) atoms. The molecule has 0 aromatic rings. The molecule has 2 aliphatic heterocycles. The van der Waals surface area contributed by atoms with Gasteiger partial charge in [-0.2, -0.15) is 0 Å². The van der Waals surface area contributed by atoms with E-state index < -0.39 is 11.5 Å². The monoisotopic (exact) mass is 270 g/mol. The van der Waals surface area contributed by atoms with Gasteiger partial charge in [0.2, 0.25) is 0 Å². The Morgan fingerprint density at radius 2 is 2.11 bits per heavy atom. The van der Waals surface area contributed by atoms with Gasteiger partial charge >= 0.3 is 12.0 Å². The Hall–Kier alpha value is -1.30. The van der Waals surface area contributed by atoms with Crippen molar-refractivity contribution in [2.75, 3.05) is 19.8 Å². The third kappa shape index (κ3) is 2.83. The van der Waals surface area contributed by atoms with Gasteiger partial charge in [0.1, 0.15) is 5.54 Å². The highest BCUT2D eigenvalue weighted by Crippen LogP contribution is 2.24. The molecule has 2 fully saturated rings. The van der Waals surface area contributed by atoms with Gasteiger partial charge in [-0.3, -0.25) is 0 Å². The van der Waals surface area contributed by atoms with Crippen LogP contribution >= 0.6 is 0 Å². The van der Waals surface area contributed by atoms with E-state index in [0.29, 0.717) is 26.1 Å². The Balaban J connectivity index is 2.04. The van der Waals surface area contributed by atoms with Gasteiger partial charge in [-0.15, -0.1) is 0 Å². The number of nitrogens with one attached hydrogen (secondary N) is 1. The van der Waals surface area contributed by atoms with E-state index in [1.54, 1.807) is 4.90 Å². The summed E-state index contributed by atoms with van der Waals surface area (Å²) in [6.45, 7) is 3.53. The summed E-state index contributed by atoms with van der Waals surface area (Å²) in [5.74, 6) is -0.962. The van der Waals surface area contributed by atoms with Gasteiger partial charge in [-0.05, 0) is 19.3 Å². The minimum atomic E-state index is -1.16. The van der Waals surface area contributed by atoms with Gasteiger partial charge in [0.25, 0.3) is 0 Å². The molecule has 6 nitrogen and oxygen atoms in total. The third-order valence-electron chi connectivity index (χ3n) is 4.21. The van der Waals surface area contributed by atoms with Crippen molar-refractivity contribution in [3.8, 4) is 0 Å². The number of hydrogen-bond acceptors (Lipinski definition) is 3. The van der Waals surface area contributed by atoms with Crippen LogP contribution in [0.4, 0.5) is 4.79 Å². The lowest BCUT2D eigenvalue weighted by atomic mass is 9.90. The molecule has 2 rings (SSSR count). The van der Waals surface area contributed by atoms with E-state index in [1.807, 2.05) is 0 Å². The molecule has 2 amide bonds. The molecular formula is C13H22N2O4. The van der Waals surface area contributed by atoms with E-state index in [1.165, 1.54) is 0 Å². The topological polar surface area (TPSA) is 78.9 Å². The van der Waals surface area contributed by atoms with Crippen LogP contribution < -0.4 is 5.32 Å². The number of nitrogens with zero attached hydrogens (tertiary/aromatic N) is 1. The third-order valence-corrected chi connectivity index (χ3v) is 4.21. The predicted molar refractivity (Wildman–Crippen MR) is 69.0 cm³/mol. The van der Waals surface area contributed by atoms with Crippen LogP contribution in [0.25, 0.3) is 0 Å². The summed E-state index contributed by atoms with van der Waals surface area (Å²) < 4.78 is 5.20. The first kappa shape index (κ1) is 14.1. The van der Waals surface area contributed by atoms with Crippen LogP contribution in [0, 0.1) is 0 Å². The van der Waals surface area contributed by atoms with E-state index in [0.717, 1.165) is 25.8 Å². The summed E-state index contributed by atoms with van der Waals surface area (Å²) in [6, 6.07) is -0.000615. The first-order chi connectivity index (χ1) is 9.09. The molecule has 108 valence electrons. The zero-order chi connectivity index (χ0) is 13.9. The molecular weight excluding hydrogens is 248 g/mol. The lowest BCUT2D eigenvalue weighted by Crippen LogP contribution is -2.60. The minimum Gasteiger partial charge on any atom is -0.480 e. The summed E-state index contributed by atoms with van der Waals surface area (Å²) >= 11 is 0. The van der Waals surface area contributed by atoms with E-state index in [-0.39, 0.29) is 12.1 Å². The van der Waals surface area contributed by atoms with Crippen molar-refractivity contribution in [2.45, 2.75) is 50.6 Å². The second-order valence-corrected chi connectivity index (χ2v) is 5.33. The molecule has 0 aliphatic carbocycles. The molecule has 6 heteroatoms. The van der Waals surface area contributed by atoms with Crippen LogP contribution in [-0.4, -0.2) is 53.3 Å². The molecule has 2 N–H and O–H groups in total. The lowest BCUT2D eigenvalue weighted by Gasteiger charge is -2.36. The predicted octanol–water partition coefficient (Wildman–Crippen LogP) is 1.20. The highest BCUT2D eigenvalue weighted by molar-refractivity contribution is 5.86. The number of urea groups is 1. The smallest absolute Gasteiger partial charge is 0.329 e. The average molecular weight is 270 g/mol. The van der Waals surface area contributed by atoms with Crippen molar-refractivity contribution >= 4 is 12.0 Å². The minimum absolute atomic E-state index is 0.241. The van der Waals surface area contributed by atoms with Crippen LogP contribution in [0.3, 0.4) is 0 Å². The van der Waals surface area contributed by atoms with E-state index >= 15 is 0 Å².